The first-order valence-electron chi connectivity index (χ1n) is 6.55. The zero-order valence-electron chi connectivity index (χ0n) is 11.6. The highest BCUT2D eigenvalue weighted by Crippen LogP contribution is 2.33. The maximum Gasteiger partial charge on any atom is 0.194 e. The molecule has 5 heteroatoms. The van der Waals surface area contributed by atoms with E-state index < -0.39 is 0 Å². The normalized spacial score (nSPS) is 11.2. The Hall–Kier alpha value is -1.85. The van der Waals surface area contributed by atoms with Crippen LogP contribution in [0.4, 0.5) is 0 Å². The van der Waals surface area contributed by atoms with E-state index in [9.17, 15) is 0 Å². The summed E-state index contributed by atoms with van der Waals surface area (Å²) in [6.07, 6.45) is 2.76. The highest BCUT2D eigenvalue weighted by molar-refractivity contribution is 7.17. The third-order valence-electron chi connectivity index (χ3n) is 3.37. The Kier molecular flexibility index (Phi) is 3.46. The van der Waals surface area contributed by atoms with Gasteiger partial charge in [-0.15, -0.1) is 11.3 Å². The number of thiazole rings is 1. The zero-order chi connectivity index (χ0) is 14.1. The van der Waals surface area contributed by atoms with Crippen LogP contribution in [-0.2, 0) is 6.42 Å². The summed E-state index contributed by atoms with van der Waals surface area (Å²) >= 11 is 1.71. The van der Waals surface area contributed by atoms with Crippen molar-refractivity contribution in [1.29, 1.82) is 0 Å². The third kappa shape index (κ3) is 2.09. The third-order valence-corrected chi connectivity index (χ3v) is 4.34. The van der Waals surface area contributed by atoms with Crippen molar-refractivity contribution in [2.24, 2.45) is 5.73 Å². The number of hydrogen-bond donors (Lipinski definition) is 1. The fourth-order valence-corrected chi connectivity index (χ4v) is 3.41. The van der Waals surface area contributed by atoms with E-state index in [-0.39, 0.29) is 0 Å². The van der Waals surface area contributed by atoms with Crippen molar-refractivity contribution in [1.82, 2.24) is 9.38 Å². The average molecular weight is 287 g/mol. The van der Waals surface area contributed by atoms with Gasteiger partial charge in [-0.05, 0) is 43.3 Å². The first-order chi connectivity index (χ1) is 9.74. The average Bonchev–Trinajstić information content (AvgIpc) is 2.98. The second-order valence-corrected chi connectivity index (χ2v) is 5.82. The lowest BCUT2D eigenvalue weighted by molar-refractivity contribution is 0.415. The van der Waals surface area contributed by atoms with Gasteiger partial charge in [0.2, 0.25) is 0 Å². The summed E-state index contributed by atoms with van der Waals surface area (Å²) in [5, 5.41) is 0. The van der Waals surface area contributed by atoms with Crippen molar-refractivity contribution >= 4 is 16.3 Å². The van der Waals surface area contributed by atoms with Crippen LogP contribution in [-0.4, -0.2) is 23.0 Å². The van der Waals surface area contributed by atoms with E-state index in [0.717, 1.165) is 22.8 Å². The predicted molar refractivity (Wildman–Crippen MR) is 82.6 cm³/mol. The quantitative estimate of drug-likeness (QED) is 0.802. The minimum absolute atomic E-state index is 0.630. The molecule has 0 amide bonds. The van der Waals surface area contributed by atoms with E-state index in [1.807, 2.05) is 18.3 Å². The molecule has 0 bridgehead atoms. The zero-order valence-corrected chi connectivity index (χ0v) is 12.4. The molecule has 4 nitrogen and oxygen atoms in total. The van der Waals surface area contributed by atoms with Crippen molar-refractivity contribution < 1.29 is 4.74 Å². The van der Waals surface area contributed by atoms with Gasteiger partial charge in [0.05, 0.1) is 19.0 Å². The molecule has 0 aliphatic carbocycles. The molecule has 0 fully saturated rings. The number of benzene rings is 1. The molecule has 0 unspecified atom stereocenters. The number of imidazole rings is 1. The summed E-state index contributed by atoms with van der Waals surface area (Å²) < 4.78 is 7.44. The van der Waals surface area contributed by atoms with Gasteiger partial charge >= 0.3 is 0 Å². The number of aromatic nitrogens is 2. The Morgan fingerprint density at radius 2 is 2.05 bits per heavy atom. The molecular weight excluding hydrogens is 270 g/mol. The molecule has 3 rings (SSSR count). The Balaban J connectivity index is 2.17. The molecule has 2 N–H and O–H groups in total. The highest BCUT2D eigenvalue weighted by Gasteiger charge is 2.15. The number of fused-ring (bicyclic) bond motifs is 1. The van der Waals surface area contributed by atoms with Crippen LogP contribution in [0.2, 0.25) is 0 Å². The smallest absolute Gasteiger partial charge is 0.194 e. The summed E-state index contributed by atoms with van der Waals surface area (Å²) in [6, 6.07) is 8.13. The van der Waals surface area contributed by atoms with Crippen molar-refractivity contribution in [2.75, 3.05) is 13.7 Å². The molecule has 0 aliphatic rings. The summed E-state index contributed by atoms with van der Waals surface area (Å²) in [5.41, 5.74) is 9.23. The molecular formula is C15H17N3OS. The molecule has 0 saturated carbocycles. The van der Waals surface area contributed by atoms with Gasteiger partial charge in [0.15, 0.2) is 4.96 Å². The lowest BCUT2D eigenvalue weighted by atomic mass is 10.1. The maximum atomic E-state index is 5.69. The summed E-state index contributed by atoms with van der Waals surface area (Å²) in [6.45, 7) is 2.76. The van der Waals surface area contributed by atoms with Gasteiger partial charge in [0.1, 0.15) is 5.75 Å². The Labute approximate surface area is 121 Å². The first-order valence-corrected chi connectivity index (χ1v) is 7.36. The van der Waals surface area contributed by atoms with E-state index in [0.29, 0.717) is 6.54 Å². The second-order valence-electron chi connectivity index (χ2n) is 4.64. The van der Waals surface area contributed by atoms with E-state index in [1.165, 1.54) is 16.1 Å². The molecule has 0 spiro atoms. The molecule has 2 aromatic heterocycles. The molecule has 20 heavy (non-hydrogen) atoms. The molecule has 1 aromatic carbocycles. The lowest BCUT2D eigenvalue weighted by Crippen LogP contribution is -2.05. The lowest BCUT2D eigenvalue weighted by Gasteiger charge is -2.06. The second kappa shape index (κ2) is 5.26. The van der Waals surface area contributed by atoms with Gasteiger partial charge < -0.3 is 10.5 Å². The number of ether oxygens (including phenoxy) is 1. The van der Waals surface area contributed by atoms with Crippen molar-refractivity contribution in [3.05, 3.63) is 41.0 Å². The van der Waals surface area contributed by atoms with Gasteiger partial charge in [-0.2, -0.15) is 0 Å². The molecule has 0 radical (unpaired) electrons. The van der Waals surface area contributed by atoms with Gasteiger partial charge in [0.25, 0.3) is 0 Å². The monoisotopic (exact) mass is 287 g/mol. The van der Waals surface area contributed by atoms with Crippen LogP contribution in [0.25, 0.3) is 16.2 Å². The minimum atomic E-state index is 0.630. The number of methoxy groups -OCH3 is 1. The topological polar surface area (TPSA) is 52.5 Å². The molecule has 0 atom stereocenters. The molecule has 0 aliphatic heterocycles. The first kappa shape index (κ1) is 13.1. The number of nitrogens with zero attached hydrogens (tertiary/aromatic N) is 2. The predicted octanol–water partition coefficient (Wildman–Crippen LogP) is 2.88. The van der Waals surface area contributed by atoms with Crippen LogP contribution in [0.3, 0.4) is 0 Å². The Bertz CT molecular complexity index is 727. The summed E-state index contributed by atoms with van der Waals surface area (Å²) in [5.74, 6) is 0.866. The van der Waals surface area contributed by atoms with Crippen molar-refractivity contribution in [3.8, 4) is 17.0 Å². The number of hydrogen-bond acceptors (Lipinski definition) is 4. The van der Waals surface area contributed by atoms with Gasteiger partial charge in [0, 0.05) is 17.0 Å². The standard InChI is InChI=1S/C15H17N3OS/c1-10-14(11-3-5-13(19-2)6-4-11)18-12(7-8-16)9-17-15(18)20-10/h3-6,9H,7-8,16H2,1-2H3. The fraction of sp³-hybridized carbons (Fsp3) is 0.267. The highest BCUT2D eigenvalue weighted by atomic mass is 32.1. The van der Waals surface area contributed by atoms with E-state index in [2.05, 4.69) is 28.4 Å². The fourth-order valence-electron chi connectivity index (χ4n) is 2.43. The van der Waals surface area contributed by atoms with Gasteiger partial charge in [-0.1, -0.05) is 0 Å². The summed E-state index contributed by atoms with van der Waals surface area (Å²) in [7, 11) is 1.68. The van der Waals surface area contributed by atoms with E-state index in [1.54, 1.807) is 18.4 Å². The maximum absolute atomic E-state index is 5.69. The number of rotatable bonds is 4. The van der Waals surface area contributed by atoms with E-state index >= 15 is 0 Å². The van der Waals surface area contributed by atoms with Crippen molar-refractivity contribution in [2.45, 2.75) is 13.3 Å². The van der Waals surface area contributed by atoms with Crippen LogP contribution in [0.5, 0.6) is 5.75 Å². The van der Waals surface area contributed by atoms with Crippen LogP contribution in [0.15, 0.2) is 30.5 Å². The van der Waals surface area contributed by atoms with E-state index in [4.69, 9.17) is 10.5 Å². The number of aryl methyl sites for hydroxylation is 1. The number of nitrogens with two attached hydrogens (primary N) is 1. The van der Waals surface area contributed by atoms with Crippen LogP contribution < -0.4 is 10.5 Å². The largest absolute Gasteiger partial charge is 0.497 e. The molecule has 2 heterocycles. The Morgan fingerprint density at radius 1 is 1.30 bits per heavy atom. The van der Waals surface area contributed by atoms with Gasteiger partial charge in [-0.3, -0.25) is 4.40 Å². The van der Waals surface area contributed by atoms with Crippen LogP contribution >= 0.6 is 11.3 Å². The Morgan fingerprint density at radius 3 is 2.70 bits per heavy atom. The minimum Gasteiger partial charge on any atom is -0.497 e. The molecule has 104 valence electrons. The van der Waals surface area contributed by atoms with Crippen molar-refractivity contribution in [3.63, 3.8) is 0 Å². The summed E-state index contributed by atoms with van der Waals surface area (Å²) in [4.78, 5) is 6.76. The van der Waals surface area contributed by atoms with Crippen LogP contribution in [0, 0.1) is 6.92 Å². The van der Waals surface area contributed by atoms with Gasteiger partial charge in [-0.25, -0.2) is 4.98 Å². The van der Waals surface area contributed by atoms with Crippen LogP contribution in [0.1, 0.15) is 10.6 Å². The SMILES string of the molecule is COc1ccc(-c2c(C)sc3ncc(CCN)n23)cc1. The molecule has 3 aromatic rings. The molecule has 0 saturated heterocycles.